The zero-order chi connectivity index (χ0) is 20.1. The molecule has 28 heavy (non-hydrogen) atoms. The summed E-state index contributed by atoms with van der Waals surface area (Å²) in [6, 6.07) is 16.3. The summed E-state index contributed by atoms with van der Waals surface area (Å²) < 4.78 is 50.0. The summed E-state index contributed by atoms with van der Waals surface area (Å²) >= 11 is 0. The third-order valence-corrected chi connectivity index (χ3v) is 3.81. The average molecular weight is 387 g/mol. The Hall–Kier alpha value is -3.48. The Morgan fingerprint density at radius 1 is 0.929 bits per heavy atom. The number of para-hydroxylation sites is 1. The second-order valence-electron chi connectivity index (χ2n) is 5.78. The topological polar surface area (TPSA) is 51.0 Å². The number of phenolic OH excluding ortho intramolecular Hbond substituents is 1. The van der Waals surface area contributed by atoms with Crippen molar-refractivity contribution in [3.8, 4) is 23.0 Å². The Morgan fingerprint density at radius 2 is 1.68 bits per heavy atom. The van der Waals surface area contributed by atoms with Crippen LogP contribution in [0.3, 0.4) is 0 Å². The third-order valence-electron chi connectivity index (χ3n) is 3.81. The number of nitrogens with zero attached hydrogens (tertiary/aromatic N) is 1. The summed E-state index contributed by atoms with van der Waals surface area (Å²) in [5, 5.41) is 9.64. The van der Waals surface area contributed by atoms with Gasteiger partial charge in [-0.15, -0.1) is 0 Å². The first-order valence-electron chi connectivity index (χ1n) is 8.22. The van der Waals surface area contributed by atoms with Crippen molar-refractivity contribution in [1.29, 1.82) is 0 Å². The lowest BCUT2D eigenvalue weighted by Gasteiger charge is -2.12. The zero-order valence-electron chi connectivity index (χ0n) is 14.8. The van der Waals surface area contributed by atoms with Crippen molar-refractivity contribution in [2.75, 3.05) is 7.11 Å². The highest BCUT2D eigenvalue weighted by atomic mass is 19.4. The molecule has 0 aliphatic heterocycles. The van der Waals surface area contributed by atoms with E-state index in [-0.39, 0.29) is 22.9 Å². The van der Waals surface area contributed by atoms with Gasteiger partial charge >= 0.3 is 6.18 Å². The van der Waals surface area contributed by atoms with Crippen LogP contribution in [0.25, 0.3) is 0 Å². The number of hydrogen-bond acceptors (Lipinski definition) is 4. The van der Waals surface area contributed by atoms with Crippen LogP contribution < -0.4 is 9.47 Å². The van der Waals surface area contributed by atoms with Gasteiger partial charge in [-0.2, -0.15) is 13.2 Å². The number of aliphatic imine (C=N–C) groups is 1. The van der Waals surface area contributed by atoms with Crippen molar-refractivity contribution in [2.45, 2.75) is 6.18 Å². The first-order chi connectivity index (χ1) is 13.4. The van der Waals surface area contributed by atoms with E-state index in [1.165, 1.54) is 31.5 Å². The Bertz CT molecular complexity index is 986. The molecular weight excluding hydrogens is 371 g/mol. The van der Waals surface area contributed by atoms with Crippen LogP contribution in [0.1, 0.15) is 11.1 Å². The molecular formula is C21H16F3NO3. The number of halogens is 3. The molecule has 0 saturated heterocycles. The summed E-state index contributed by atoms with van der Waals surface area (Å²) in [7, 11) is 1.40. The van der Waals surface area contributed by atoms with E-state index in [0.717, 1.165) is 12.1 Å². The van der Waals surface area contributed by atoms with E-state index in [0.29, 0.717) is 11.3 Å². The molecule has 0 spiro atoms. The molecule has 0 saturated carbocycles. The first-order valence-corrected chi connectivity index (χ1v) is 8.22. The van der Waals surface area contributed by atoms with E-state index in [9.17, 15) is 18.3 Å². The summed E-state index contributed by atoms with van der Waals surface area (Å²) in [6.45, 7) is 0. The molecule has 4 nitrogen and oxygen atoms in total. The second kappa shape index (κ2) is 8.04. The van der Waals surface area contributed by atoms with Gasteiger partial charge < -0.3 is 14.6 Å². The van der Waals surface area contributed by atoms with Gasteiger partial charge in [0.2, 0.25) is 0 Å². The number of methoxy groups -OCH3 is 1. The molecule has 0 aromatic heterocycles. The van der Waals surface area contributed by atoms with Gasteiger partial charge in [0.15, 0.2) is 17.2 Å². The molecule has 7 heteroatoms. The molecule has 3 aromatic carbocycles. The summed E-state index contributed by atoms with van der Waals surface area (Å²) in [5.41, 5.74) is -0.271. The van der Waals surface area contributed by atoms with Gasteiger partial charge in [0.1, 0.15) is 11.4 Å². The van der Waals surface area contributed by atoms with Gasteiger partial charge in [-0.3, -0.25) is 4.99 Å². The molecule has 0 aliphatic carbocycles. The fourth-order valence-electron chi connectivity index (χ4n) is 2.41. The Balaban J connectivity index is 1.98. The highest BCUT2D eigenvalue weighted by Crippen LogP contribution is 2.38. The monoisotopic (exact) mass is 387 g/mol. The molecule has 0 aliphatic rings. The SMILES string of the molecule is COc1cc(C=Nc2cc(C(F)(F)F)ccc2Oc2ccccc2)ccc1O. The maximum absolute atomic E-state index is 13.1. The molecule has 0 bridgehead atoms. The van der Waals surface area contributed by atoms with Gasteiger partial charge in [-0.1, -0.05) is 18.2 Å². The predicted octanol–water partition coefficient (Wildman–Crippen LogP) is 5.96. The minimum absolute atomic E-state index is 0.0192. The van der Waals surface area contributed by atoms with E-state index < -0.39 is 11.7 Å². The van der Waals surface area contributed by atoms with Crippen LogP contribution >= 0.6 is 0 Å². The zero-order valence-corrected chi connectivity index (χ0v) is 14.8. The Kier molecular flexibility index (Phi) is 5.54. The minimum Gasteiger partial charge on any atom is -0.504 e. The van der Waals surface area contributed by atoms with Crippen LogP contribution in [0.15, 0.2) is 71.7 Å². The van der Waals surface area contributed by atoms with Crippen LogP contribution in [-0.2, 0) is 6.18 Å². The number of aromatic hydroxyl groups is 1. The van der Waals surface area contributed by atoms with Crippen LogP contribution in [0, 0.1) is 0 Å². The fourth-order valence-corrected chi connectivity index (χ4v) is 2.41. The lowest BCUT2D eigenvalue weighted by atomic mass is 10.1. The molecule has 3 rings (SSSR count). The van der Waals surface area contributed by atoms with E-state index in [1.54, 1.807) is 36.4 Å². The maximum atomic E-state index is 13.1. The fraction of sp³-hybridized carbons (Fsp3) is 0.0952. The van der Waals surface area contributed by atoms with Crippen molar-refractivity contribution < 1.29 is 27.8 Å². The molecule has 1 N–H and O–H groups in total. The lowest BCUT2D eigenvalue weighted by molar-refractivity contribution is -0.137. The quantitative estimate of drug-likeness (QED) is 0.550. The van der Waals surface area contributed by atoms with E-state index >= 15 is 0 Å². The highest BCUT2D eigenvalue weighted by Gasteiger charge is 2.31. The van der Waals surface area contributed by atoms with E-state index in [2.05, 4.69) is 4.99 Å². The Morgan fingerprint density at radius 3 is 2.36 bits per heavy atom. The summed E-state index contributed by atoms with van der Waals surface area (Å²) in [6.07, 6.45) is -3.13. The number of hydrogen-bond donors (Lipinski definition) is 1. The third kappa shape index (κ3) is 4.62. The largest absolute Gasteiger partial charge is 0.504 e. The molecule has 0 radical (unpaired) electrons. The number of alkyl halides is 3. The van der Waals surface area contributed by atoms with Crippen molar-refractivity contribution in [3.05, 3.63) is 77.9 Å². The summed E-state index contributed by atoms with van der Waals surface area (Å²) in [4.78, 5) is 4.16. The van der Waals surface area contributed by atoms with Crippen molar-refractivity contribution >= 4 is 11.9 Å². The Labute approximate surface area is 159 Å². The first kappa shape index (κ1) is 19.3. The molecule has 0 unspecified atom stereocenters. The van der Waals surface area contributed by atoms with Crippen LogP contribution in [0.2, 0.25) is 0 Å². The minimum atomic E-state index is -4.50. The molecule has 144 valence electrons. The number of benzene rings is 3. The molecule has 0 heterocycles. The van der Waals surface area contributed by atoms with Gasteiger partial charge in [0.05, 0.1) is 12.7 Å². The lowest BCUT2D eigenvalue weighted by Crippen LogP contribution is -2.04. The smallest absolute Gasteiger partial charge is 0.416 e. The van der Waals surface area contributed by atoms with Gasteiger partial charge in [-0.25, -0.2) is 0 Å². The van der Waals surface area contributed by atoms with Gasteiger partial charge in [0, 0.05) is 6.21 Å². The average Bonchev–Trinajstić information content (AvgIpc) is 2.68. The predicted molar refractivity (Wildman–Crippen MR) is 99.9 cm³/mol. The van der Waals surface area contributed by atoms with Crippen LogP contribution in [-0.4, -0.2) is 18.4 Å². The van der Waals surface area contributed by atoms with Crippen molar-refractivity contribution in [1.82, 2.24) is 0 Å². The number of rotatable bonds is 5. The molecule has 0 fully saturated rings. The van der Waals surface area contributed by atoms with Crippen molar-refractivity contribution in [2.24, 2.45) is 4.99 Å². The normalized spacial score (nSPS) is 11.6. The summed E-state index contributed by atoms with van der Waals surface area (Å²) in [5.74, 6) is 0.840. The van der Waals surface area contributed by atoms with Gasteiger partial charge in [-0.05, 0) is 54.1 Å². The van der Waals surface area contributed by atoms with Gasteiger partial charge in [0.25, 0.3) is 0 Å². The van der Waals surface area contributed by atoms with Crippen molar-refractivity contribution in [3.63, 3.8) is 0 Å². The maximum Gasteiger partial charge on any atom is 0.416 e. The number of ether oxygens (including phenoxy) is 2. The second-order valence-corrected chi connectivity index (χ2v) is 5.78. The highest BCUT2D eigenvalue weighted by molar-refractivity contribution is 5.84. The van der Waals surface area contributed by atoms with E-state index in [1.807, 2.05) is 0 Å². The molecule has 0 amide bonds. The molecule has 3 aromatic rings. The standard InChI is InChI=1S/C21H16F3NO3/c1-27-20-11-14(7-9-18(20)26)13-25-17-12-15(21(22,23)24)8-10-19(17)28-16-5-3-2-4-6-16/h2-13,26H,1H3. The van der Waals surface area contributed by atoms with Crippen LogP contribution in [0.4, 0.5) is 18.9 Å². The van der Waals surface area contributed by atoms with E-state index in [4.69, 9.17) is 9.47 Å². The molecule has 0 atom stereocenters. The number of phenols is 1. The van der Waals surface area contributed by atoms with Crippen LogP contribution in [0.5, 0.6) is 23.0 Å².